The Balaban J connectivity index is 2.23. The third-order valence-corrected chi connectivity index (χ3v) is 3.05. The Kier molecular flexibility index (Phi) is 3.22. The van der Waals surface area contributed by atoms with Gasteiger partial charge in [0.2, 0.25) is 5.91 Å². The van der Waals surface area contributed by atoms with Crippen LogP contribution in [0.1, 0.15) is 18.1 Å². The van der Waals surface area contributed by atoms with Crippen LogP contribution in [0.25, 0.3) is 0 Å². The number of nitrogens with one attached hydrogen (secondary N) is 1. The Labute approximate surface area is 101 Å². The van der Waals surface area contributed by atoms with Gasteiger partial charge in [-0.2, -0.15) is 0 Å². The first-order valence-corrected chi connectivity index (χ1v) is 5.65. The molecule has 4 heteroatoms. The fourth-order valence-corrected chi connectivity index (χ4v) is 2.34. The van der Waals surface area contributed by atoms with Crippen LogP contribution in [0.5, 0.6) is 11.5 Å². The first-order valence-electron chi connectivity index (χ1n) is 5.65. The third-order valence-electron chi connectivity index (χ3n) is 3.05. The summed E-state index contributed by atoms with van der Waals surface area (Å²) < 4.78 is 10.5. The number of fused-ring (bicyclic) bond motifs is 1. The highest BCUT2D eigenvalue weighted by Gasteiger charge is 2.24. The average molecular weight is 235 g/mol. The standard InChI is InChI=1S/C13H17NO3/c1-8(15)14-11-4-9-6-12(16-2)13(17-3)7-10(9)5-11/h6-7,11H,4-5H2,1-3H3,(H,14,15). The Bertz CT molecular complexity index is 410. The van der Waals surface area contributed by atoms with Crippen molar-refractivity contribution >= 4 is 5.91 Å². The van der Waals surface area contributed by atoms with E-state index in [0.29, 0.717) is 0 Å². The van der Waals surface area contributed by atoms with Crippen molar-refractivity contribution in [3.63, 3.8) is 0 Å². The lowest BCUT2D eigenvalue weighted by Crippen LogP contribution is -2.33. The molecule has 17 heavy (non-hydrogen) atoms. The summed E-state index contributed by atoms with van der Waals surface area (Å²) in [5.41, 5.74) is 2.45. The molecule has 2 rings (SSSR count). The van der Waals surface area contributed by atoms with E-state index in [1.54, 1.807) is 21.1 Å². The molecule has 4 nitrogen and oxygen atoms in total. The first-order chi connectivity index (χ1) is 8.13. The van der Waals surface area contributed by atoms with E-state index in [0.717, 1.165) is 24.3 Å². The minimum absolute atomic E-state index is 0.0155. The highest BCUT2D eigenvalue weighted by atomic mass is 16.5. The molecule has 0 atom stereocenters. The summed E-state index contributed by atoms with van der Waals surface area (Å²) in [6.07, 6.45) is 1.71. The molecule has 0 bridgehead atoms. The van der Waals surface area contributed by atoms with Crippen LogP contribution in [0.3, 0.4) is 0 Å². The summed E-state index contributed by atoms with van der Waals surface area (Å²) in [6.45, 7) is 1.55. The minimum Gasteiger partial charge on any atom is -0.493 e. The second-order valence-corrected chi connectivity index (χ2v) is 4.28. The van der Waals surface area contributed by atoms with Crippen LogP contribution in [-0.4, -0.2) is 26.2 Å². The van der Waals surface area contributed by atoms with Crippen molar-refractivity contribution in [2.45, 2.75) is 25.8 Å². The Morgan fingerprint density at radius 1 is 1.18 bits per heavy atom. The molecule has 0 spiro atoms. The number of carbonyl (C=O) groups excluding carboxylic acids is 1. The molecule has 0 aromatic heterocycles. The predicted molar refractivity (Wildman–Crippen MR) is 64.6 cm³/mol. The van der Waals surface area contributed by atoms with Gasteiger partial charge >= 0.3 is 0 Å². The molecule has 1 aromatic rings. The van der Waals surface area contributed by atoms with Crippen LogP contribution in [0.2, 0.25) is 0 Å². The van der Waals surface area contributed by atoms with E-state index >= 15 is 0 Å². The van der Waals surface area contributed by atoms with Crippen LogP contribution in [0, 0.1) is 0 Å². The summed E-state index contributed by atoms with van der Waals surface area (Å²) in [5, 5.41) is 2.94. The third kappa shape index (κ3) is 2.35. The van der Waals surface area contributed by atoms with Crippen LogP contribution in [0.4, 0.5) is 0 Å². The van der Waals surface area contributed by atoms with Gasteiger partial charge in [0.25, 0.3) is 0 Å². The molecule has 0 saturated heterocycles. The van der Waals surface area contributed by atoms with Crippen LogP contribution in [-0.2, 0) is 17.6 Å². The van der Waals surface area contributed by atoms with Crippen molar-refractivity contribution in [1.29, 1.82) is 0 Å². The van der Waals surface area contributed by atoms with Gasteiger partial charge in [-0.3, -0.25) is 4.79 Å². The SMILES string of the molecule is COc1cc2c(cc1OC)CC(NC(C)=O)C2. The zero-order chi connectivity index (χ0) is 12.4. The van der Waals surface area contributed by atoms with Crippen molar-refractivity contribution in [2.24, 2.45) is 0 Å². The Hall–Kier alpha value is -1.71. The number of amides is 1. The minimum atomic E-state index is 0.0155. The van der Waals surface area contributed by atoms with Gasteiger partial charge in [-0.15, -0.1) is 0 Å². The molecule has 0 unspecified atom stereocenters. The van der Waals surface area contributed by atoms with Gasteiger partial charge in [-0.05, 0) is 36.1 Å². The number of carbonyl (C=O) groups is 1. The van der Waals surface area contributed by atoms with Crippen molar-refractivity contribution in [1.82, 2.24) is 5.32 Å². The fraction of sp³-hybridized carbons (Fsp3) is 0.462. The molecule has 1 amide bonds. The largest absolute Gasteiger partial charge is 0.493 e. The lowest BCUT2D eigenvalue weighted by Gasteiger charge is -2.09. The van der Waals surface area contributed by atoms with E-state index in [1.165, 1.54) is 11.1 Å². The van der Waals surface area contributed by atoms with Gasteiger partial charge in [-0.1, -0.05) is 0 Å². The van der Waals surface area contributed by atoms with Crippen molar-refractivity contribution < 1.29 is 14.3 Å². The van der Waals surface area contributed by atoms with Gasteiger partial charge < -0.3 is 14.8 Å². The van der Waals surface area contributed by atoms with E-state index in [2.05, 4.69) is 5.32 Å². The van der Waals surface area contributed by atoms with E-state index < -0.39 is 0 Å². The van der Waals surface area contributed by atoms with Crippen molar-refractivity contribution in [2.75, 3.05) is 14.2 Å². The second kappa shape index (κ2) is 4.65. The summed E-state index contributed by atoms with van der Waals surface area (Å²) in [7, 11) is 3.26. The number of benzene rings is 1. The smallest absolute Gasteiger partial charge is 0.217 e. The van der Waals surface area contributed by atoms with Gasteiger partial charge in [0.05, 0.1) is 14.2 Å². The molecule has 1 aromatic carbocycles. The topological polar surface area (TPSA) is 47.6 Å². The summed E-state index contributed by atoms with van der Waals surface area (Å²) in [4.78, 5) is 11.0. The van der Waals surface area contributed by atoms with E-state index in [1.807, 2.05) is 12.1 Å². The van der Waals surface area contributed by atoms with Crippen molar-refractivity contribution in [3.05, 3.63) is 23.3 Å². The Morgan fingerprint density at radius 3 is 2.00 bits per heavy atom. The molecular weight excluding hydrogens is 218 g/mol. The van der Waals surface area contributed by atoms with E-state index in [-0.39, 0.29) is 11.9 Å². The van der Waals surface area contributed by atoms with Gasteiger partial charge in [0, 0.05) is 13.0 Å². The number of ether oxygens (including phenoxy) is 2. The molecule has 92 valence electrons. The molecule has 0 saturated carbocycles. The predicted octanol–water partition coefficient (Wildman–Crippen LogP) is 1.31. The maximum Gasteiger partial charge on any atom is 0.217 e. The normalized spacial score (nSPS) is 14.3. The summed E-state index contributed by atoms with van der Waals surface area (Å²) in [5.74, 6) is 1.51. The van der Waals surface area contributed by atoms with Crippen LogP contribution >= 0.6 is 0 Å². The fourth-order valence-electron chi connectivity index (χ4n) is 2.34. The molecule has 1 N–H and O–H groups in total. The molecular formula is C13H17NO3. The number of hydrogen-bond acceptors (Lipinski definition) is 3. The molecule has 0 aliphatic heterocycles. The number of rotatable bonds is 3. The lowest BCUT2D eigenvalue weighted by molar-refractivity contribution is -0.119. The van der Waals surface area contributed by atoms with Crippen LogP contribution < -0.4 is 14.8 Å². The highest BCUT2D eigenvalue weighted by Crippen LogP contribution is 2.34. The Morgan fingerprint density at radius 2 is 1.65 bits per heavy atom. The maximum absolute atomic E-state index is 11.0. The average Bonchev–Trinajstić information content (AvgIpc) is 2.66. The first kappa shape index (κ1) is 11.8. The summed E-state index contributed by atoms with van der Waals surface area (Å²) >= 11 is 0. The highest BCUT2D eigenvalue weighted by molar-refractivity contribution is 5.73. The monoisotopic (exact) mass is 235 g/mol. The quantitative estimate of drug-likeness (QED) is 0.859. The van der Waals surface area contributed by atoms with Crippen molar-refractivity contribution in [3.8, 4) is 11.5 Å². The molecule has 0 radical (unpaired) electrons. The van der Waals surface area contributed by atoms with Crippen LogP contribution in [0.15, 0.2) is 12.1 Å². The lowest BCUT2D eigenvalue weighted by atomic mass is 10.1. The number of hydrogen-bond donors (Lipinski definition) is 1. The number of methoxy groups -OCH3 is 2. The zero-order valence-corrected chi connectivity index (χ0v) is 10.4. The zero-order valence-electron chi connectivity index (χ0n) is 10.4. The summed E-state index contributed by atoms with van der Waals surface area (Å²) in [6, 6.07) is 4.19. The second-order valence-electron chi connectivity index (χ2n) is 4.28. The van der Waals surface area contributed by atoms with E-state index in [9.17, 15) is 4.79 Å². The molecule has 0 fully saturated rings. The van der Waals surface area contributed by atoms with Gasteiger partial charge in [0.15, 0.2) is 11.5 Å². The molecule has 0 heterocycles. The molecule has 1 aliphatic rings. The molecule has 1 aliphatic carbocycles. The van der Waals surface area contributed by atoms with E-state index in [4.69, 9.17) is 9.47 Å². The van der Waals surface area contributed by atoms with Gasteiger partial charge in [0.1, 0.15) is 0 Å². The maximum atomic E-state index is 11.0. The van der Waals surface area contributed by atoms with Gasteiger partial charge in [-0.25, -0.2) is 0 Å².